The van der Waals surface area contributed by atoms with Gasteiger partial charge in [0.25, 0.3) is 0 Å². The van der Waals surface area contributed by atoms with Crippen LogP contribution in [0.5, 0.6) is 5.75 Å². The number of rotatable bonds is 20. The minimum absolute atomic E-state index is 0. The zero-order chi connectivity index (χ0) is 34.1. The van der Waals surface area contributed by atoms with Crippen LogP contribution in [0.4, 0.5) is 0 Å². The van der Waals surface area contributed by atoms with E-state index in [1.165, 1.54) is 18.2 Å². The quantitative estimate of drug-likeness (QED) is 0.113. The molecule has 2 rings (SSSR count). The van der Waals surface area contributed by atoms with Crippen LogP contribution >= 0.6 is 24.2 Å². The largest absolute Gasteiger partial charge is 0.508 e. The molecule has 11 nitrogen and oxygen atoms in total. The number of aliphatic hydroxyl groups excluding tert-OH is 1. The number of aryl methyl sites for hydroxylation is 2. The van der Waals surface area contributed by atoms with E-state index in [2.05, 4.69) is 16.0 Å². The van der Waals surface area contributed by atoms with E-state index in [-0.39, 0.29) is 43.6 Å². The predicted octanol–water partition coefficient (Wildman–Crippen LogP) is 3.12. The van der Waals surface area contributed by atoms with Gasteiger partial charge in [-0.25, -0.2) is 0 Å². The molecule has 0 aromatic heterocycles. The summed E-state index contributed by atoms with van der Waals surface area (Å²) in [6.07, 6.45) is 12.0. The Hall–Kier alpha value is -2.54. The molecule has 4 amide bonds. The molecule has 0 saturated heterocycles. The Bertz CT molecular complexity index is 1110. The van der Waals surface area contributed by atoms with Gasteiger partial charge in [-0.1, -0.05) is 44.9 Å². The van der Waals surface area contributed by atoms with Crippen LogP contribution in [0.15, 0.2) is 12.1 Å². The van der Waals surface area contributed by atoms with Gasteiger partial charge in [-0.2, -0.15) is 11.8 Å². The Kier molecular flexibility index (Phi) is 20.7. The van der Waals surface area contributed by atoms with Gasteiger partial charge in [-0.15, -0.1) is 12.4 Å². The number of nitrogens with zero attached hydrogens (tertiary/aromatic N) is 1. The molecule has 1 aromatic carbocycles. The summed E-state index contributed by atoms with van der Waals surface area (Å²) in [6.45, 7) is 4.11. The molecule has 0 bridgehead atoms. The molecule has 47 heavy (non-hydrogen) atoms. The average molecular weight is 700 g/mol. The van der Waals surface area contributed by atoms with Crippen LogP contribution in [0, 0.1) is 19.8 Å². The van der Waals surface area contributed by atoms with Gasteiger partial charge in [-0.05, 0) is 92.7 Å². The first-order chi connectivity index (χ1) is 22.0. The fourth-order valence-electron chi connectivity index (χ4n) is 6.09. The Labute approximate surface area is 291 Å². The summed E-state index contributed by atoms with van der Waals surface area (Å²) in [5, 5.41) is 27.1. The summed E-state index contributed by atoms with van der Waals surface area (Å²) in [6, 6.07) is 0.787. The van der Waals surface area contributed by atoms with Crippen molar-refractivity contribution in [1.82, 2.24) is 20.9 Å². The van der Waals surface area contributed by atoms with Crippen molar-refractivity contribution >= 4 is 47.8 Å². The molecule has 3 atom stereocenters. The third-order valence-corrected chi connectivity index (χ3v) is 9.46. The molecule has 1 fully saturated rings. The summed E-state index contributed by atoms with van der Waals surface area (Å²) in [7, 11) is 1.75. The molecule has 0 aliphatic heterocycles. The second-order valence-electron chi connectivity index (χ2n) is 12.7. The predicted molar refractivity (Wildman–Crippen MR) is 191 cm³/mol. The first kappa shape index (κ1) is 42.5. The summed E-state index contributed by atoms with van der Waals surface area (Å²) < 4.78 is 0. The number of carbonyl (C=O) groups excluding carboxylic acids is 4. The van der Waals surface area contributed by atoms with Crippen molar-refractivity contribution < 1.29 is 29.4 Å². The third-order valence-electron chi connectivity index (χ3n) is 8.81. The molecule has 1 saturated carbocycles. The summed E-state index contributed by atoms with van der Waals surface area (Å²) in [5.41, 5.74) is 8.76. The number of hydrogen-bond donors (Lipinski definition) is 6. The van der Waals surface area contributed by atoms with E-state index in [0.29, 0.717) is 31.1 Å². The van der Waals surface area contributed by atoms with E-state index < -0.39 is 35.8 Å². The van der Waals surface area contributed by atoms with Crippen molar-refractivity contribution in [3.63, 3.8) is 0 Å². The minimum Gasteiger partial charge on any atom is -0.508 e. The molecule has 13 heteroatoms. The Balaban J connectivity index is 0.0000110. The summed E-state index contributed by atoms with van der Waals surface area (Å²) >= 11 is 1.54. The van der Waals surface area contributed by atoms with Gasteiger partial charge in [0.15, 0.2) is 0 Å². The second kappa shape index (κ2) is 22.9. The van der Waals surface area contributed by atoms with Gasteiger partial charge >= 0.3 is 0 Å². The van der Waals surface area contributed by atoms with Gasteiger partial charge in [0, 0.05) is 20.2 Å². The number of aliphatic hydroxyl groups is 1. The maximum atomic E-state index is 13.4. The molecule has 1 aliphatic carbocycles. The van der Waals surface area contributed by atoms with Gasteiger partial charge in [0.1, 0.15) is 17.8 Å². The number of amides is 4. The molecule has 0 heterocycles. The van der Waals surface area contributed by atoms with Crippen molar-refractivity contribution in [3.05, 3.63) is 28.8 Å². The standard InChI is InChI=1S/C34H57N5O6S.ClH/c1-23-18-26(41)19-24(2)27(23)21-28(35)32(43)38-29(14-17-46-4)33(44)36-22-31(42)37-30(20-25-12-8-7-9-13-25)34(45)39(3)15-10-5-6-11-16-40;/h18-19,25,28-30,40-41H,5-17,20-22,35H2,1-4H3,(H,36,44)(H,37,42)(H,38,43);1H/t28-,29-,30+;/m1./s1. The van der Waals surface area contributed by atoms with Crippen LogP contribution in [0.25, 0.3) is 0 Å². The fourth-order valence-corrected chi connectivity index (χ4v) is 6.56. The topological polar surface area (TPSA) is 174 Å². The lowest BCUT2D eigenvalue weighted by Gasteiger charge is -2.29. The Morgan fingerprint density at radius 1 is 0.979 bits per heavy atom. The molecular weight excluding hydrogens is 642 g/mol. The van der Waals surface area contributed by atoms with E-state index in [1.54, 1.807) is 24.1 Å². The molecule has 0 unspecified atom stereocenters. The van der Waals surface area contributed by atoms with Crippen LogP contribution in [-0.4, -0.2) is 95.6 Å². The number of benzene rings is 1. The monoisotopic (exact) mass is 699 g/mol. The van der Waals surface area contributed by atoms with Gasteiger partial charge in [0.2, 0.25) is 23.6 Å². The van der Waals surface area contributed by atoms with E-state index in [0.717, 1.165) is 68.1 Å². The smallest absolute Gasteiger partial charge is 0.244 e. The molecule has 1 aromatic rings. The number of phenols is 1. The first-order valence-electron chi connectivity index (χ1n) is 16.7. The molecule has 268 valence electrons. The molecular formula is C34H58ClN5O6S. The van der Waals surface area contributed by atoms with Crippen LogP contribution < -0.4 is 21.7 Å². The highest BCUT2D eigenvalue weighted by atomic mass is 35.5. The van der Waals surface area contributed by atoms with Crippen LogP contribution in [-0.2, 0) is 25.6 Å². The Morgan fingerprint density at radius 2 is 1.62 bits per heavy atom. The number of hydrogen-bond acceptors (Lipinski definition) is 8. The number of nitrogens with one attached hydrogen (secondary N) is 3. The lowest BCUT2D eigenvalue weighted by Crippen LogP contribution is -2.54. The number of nitrogens with two attached hydrogens (primary N) is 1. The average Bonchev–Trinajstić information content (AvgIpc) is 3.02. The molecule has 0 spiro atoms. The highest BCUT2D eigenvalue weighted by Gasteiger charge is 2.29. The van der Waals surface area contributed by atoms with Crippen molar-refractivity contribution in [2.24, 2.45) is 11.7 Å². The highest BCUT2D eigenvalue weighted by molar-refractivity contribution is 7.98. The lowest BCUT2D eigenvalue weighted by atomic mass is 9.84. The minimum atomic E-state index is -0.909. The van der Waals surface area contributed by atoms with Crippen molar-refractivity contribution in [2.45, 2.75) is 109 Å². The number of carbonyl (C=O) groups is 4. The SMILES string of the molecule is CSCC[C@@H](NC(=O)[C@H](N)Cc1c(C)cc(O)cc1C)C(=O)NCC(=O)N[C@@H](CC1CCCCC1)C(=O)N(C)CCCCCCO.Cl. The molecule has 0 radical (unpaired) electrons. The second-order valence-corrected chi connectivity index (χ2v) is 13.7. The molecule has 1 aliphatic rings. The number of phenolic OH excluding ortho intramolecular Hbond substituents is 1. The number of thioether (sulfide) groups is 1. The van der Waals surface area contributed by atoms with E-state index >= 15 is 0 Å². The van der Waals surface area contributed by atoms with E-state index in [1.807, 2.05) is 20.1 Å². The number of aromatic hydroxyl groups is 1. The number of halogens is 1. The third kappa shape index (κ3) is 15.5. The lowest BCUT2D eigenvalue weighted by molar-refractivity contribution is -0.136. The normalized spacial score (nSPS) is 15.1. The van der Waals surface area contributed by atoms with Crippen molar-refractivity contribution in [3.8, 4) is 5.75 Å². The zero-order valence-corrected chi connectivity index (χ0v) is 30.3. The van der Waals surface area contributed by atoms with Crippen molar-refractivity contribution in [1.29, 1.82) is 0 Å². The van der Waals surface area contributed by atoms with Gasteiger partial charge in [-0.3, -0.25) is 19.2 Å². The van der Waals surface area contributed by atoms with Gasteiger partial charge in [0.05, 0.1) is 12.6 Å². The zero-order valence-electron chi connectivity index (χ0n) is 28.6. The first-order valence-corrected chi connectivity index (χ1v) is 18.1. The van der Waals surface area contributed by atoms with E-state index in [4.69, 9.17) is 10.8 Å². The Morgan fingerprint density at radius 3 is 2.23 bits per heavy atom. The summed E-state index contributed by atoms with van der Waals surface area (Å²) in [5.74, 6) is -0.432. The number of likely N-dealkylation sites (N-methyl/N-ethyl adjacent to an activating group) is 1. The maximum absolute atomic E-state index is 13.4. The van der Waals surface area contributed by atoms with E-state index in [9.17, 15) is 24.3 Å². The summed E-state index contributed by atoms with van der Waals surface area (Å²) in [4.78, 5) is 54.4. The van der Waals surface area contributed by atoms with Crippen LogP contribution in [0.2, 0.25) is 0 Å². The molecule has 7 N–H and O–H groups in total. The van der Waals surface area contributed by atoms with Crippen LogP contribution in [0.3, 0.4) is 0 Å². The van der Waals surface area contributed by atoms with Crippen molar-refractivity contribution in [2.75, 3.05) is 38.8 Å². The fraction of sp³-hybridized carbons (Fsp3) is 0.706. The highest BCUT2D eigenvalue weighted by Crippen LogP contribution is 2.28. The number of unbranched alkanes of at least 4 members (excludes halogenated alkanes) is 3. The van der Waals surface area contributed by atoms with Crippen LogP contribution in [0.1, 0.15) is 87.3 Å². The maximum Gasteiger partial charge on any atom is 0.244 e. The van der Waals surface area contributed by atoms with Gasteiger partial charge < -0.3 is 36.8 Å².